The summed E-state index contributed by atoms with van der Waals surface area (Å²) in [5.41, 5.74) is 1.95. The lowest BCUT2D eigenvalue weighted by atomic mass is 9.99. The van der Waals surface area contributed by atoms with E-state index >= 15 is 0 Å². The first kappa shape index (κ1) is 13.5. The molecule has 2 N–H and O–H groups in total. The molecule has 5 nitrogen and oxygen atoms in total. The third kappa shape index (κ3) is 2.46. The Labute approximate surface area is 112 Å². The second kappa shape index (κ2) is 5.40. The molecule has 1 aromatic heterocycles. The minimum absolute atomic E-state index is 0. The van der Waals surface area contributed by atoms with E-state index in [1.807, 2.05) is 28.9 Å². The van der Waals surface area contributed by atoms with Crippen LogP contribution in [0, 0.1) is 5.92 Å². The summed E-state index contributed by atoms with van der Waals surface area (Å²) in [6.45, 7) is 8.62. The molecular weight excluding hydrogens is 240 g/mol. The van der Waals surface area contributed by atoms with Crippen molar-refractivity contribution in [1.29, 1.82) is 0 Å². The van der Waals surface area contributed by atoms with Gasteiger partial charge in [-0.1, -0.05) is 30.8 Å². The molecule has 1 aliphatic rings. The lowest BCUT2D eigenvalue weighted by molar-refractivity contribution is 0.258. The third-order valence-corrected chi connectivity index (χ3v) is 3.74. The van der Waals surface area contributed by atoms with E-state index in [2.05, 4.69) is 28.7 Å². The zero-order valence-electron chi connectivity index (χ0n) is 11.2. The topological polar surface area (TPSA) is 65.5 Å². The maximum atomic E-state index is 4.21. The van der Waals surface area contributed by atoms with Gasteiger partial charge in [-0.15, -0.1) is 5.10 Å². The van der Waals surface area contributed by atoms with Crippen molar-refractivity contribution in [2.24, 2.45) is 5.92 Å². The molecule has 0 saturated carbocycles. The molecule has 1 fully saturated rings. The van der Waals surface area contributed by atoms with Crippen LogP contribution in [-0.4, -0.2) is 38.5 Å². The van der Waals surface area contributed by atoms with Gasteiger partial charge in [0.2, 0.25) is 0 Å². The fourth-order valence-electron chi connectivity index (χ4n) is 2.46. The minimum Gasteiger partial charge on any atom is -0.412 e. The molecule has 0 bridgehead atoms. The van der Waals surface area contributed by atoms with Crippen LogP contribution in [-0.2, 0) is 0 Å². The lowest BCUT2D eigenvalue weighted by Gasteiger charge is -2.32. The predicted octanol–water partition coefficient (Wildman–Crippen LogP) is 1.77. The van der Waals surface area contributed by atoms with E-state index in [1.54, 1.807) is 0 Å². The molecule has 0 radical (unpaired) electrons. The molecule has 2 heterocycles. The van der Waals surface area contributed by atoms with Gasteiger partial charge in [-0.3, -0.25) is 0 Å². The molecule has 0 amide bonds. The van der Waals surface area contributed by atoms with Crippen molar-refractivity contribution in [3.63, 3.8) is 0 Å². The number of likely N-dealkylation sites (tertiary alicyclic amines) is 1. The van der Waals surface area contributed by atoms with Gasteiger partial charge >= 0.3 is 0 Å². The van der Waals surface area contributed by atoms with Crippen LogP contribution in [0.3, 0.4) is 0 Å². The summed E-state index contributed by atoms with van der Waals surface area (Å²) >= 11 is 0. The number of nitrogens with zero attached hydrogens (tertiary/aromatic N) is 4. The Balaban J connectivity index is 0.00000133. The van der Waals surface area contributed by atoms with E-state index in [4.69, 9.17) is 0 Å². The summed E-state index contributed by atoms with van der Waals surface area (Å²) in [6.07, 6.45) is 2.46. The van der Waals surface area contributed by atoms with Crippen molar-refractivity contribution in [3.05, 3.63) is 30.8 Å². The van der Waals surface area contributed by atoms with Gasteiger partial charge in [0.1, 0.15) is 11.3 Å². The zero-order valence-corrected chi connectivity index (χ0v) is 11.2. The minimum atomic E-state index is 0. The average molecular weight is 260 g/mol. The molecule has 0 aliphatic carbocycles. The van der Waals surface area contributed by atoms with Crippen molar-refractivity contribution in [3.8, 4) is 0 Å². The maximum absolute atomic E-state index is 4.21. The van der Waals surface area contributed by atoms with E-state index in [0.29, 0.717) is 0 Å². The Bertz CT molecular complexity index is 570. The van der Waals surface area contributed by atoms with Crippen LogP contribution in [0.2, 0.25) is 0 Å². The number of fused-ring (bicyclic) bond motifs is 1. The number of hydrogen-bond acceptors (Lipinski definition) is 3. The quantitative estimate of drug-likeness (QED) is 0.826. The highest BCUT2D eigenvalue weighted by Crippen LogP contribution is 2.22. The SMILES string of the molecule is C=C(N1CCC(C)CC1)n1nnc2ccccc21.O. The van der Waals surface area contributed by atoms with Crippen molar-refractivity contribution >= 4 is 16.9 Å². The van der Waals surface area contributed by atoms with Crippen molar-refractivity contribution in [2.45, 2.75) is 19.8 Å². The van der Waals surface area contributed by atoms with Crippen LogP contribution in [0.1, 0.15) is 19.8 Å². The van der Waals surface area contributed by atoms with Crippen LogP contribution in [0.15, 0.2) is 30.8 Å². The highest BCUT2D eigenvalue weighted by atomic mass is 16.0. The third-order valence-electron chi connectivity index (χ3n) is 3.74. The van der Waals surface area contributed by atoms with Crippen LogP contribution >= 0.6 is 0 Å². The van der Waals surface area contributed by atoms with Gasteiger partial charge in [0.25, 0.3) is 0 Å². The summed E-state index contributed by atoms with van der Waals surface area (Å²) < 4.78 is 1.85. The number of rotatable bonds is 2. The van der Waals surface area contributed by atoms with Gasteiger partial charge < -0.3 is 10.4 Å². The standard InChI is InChI=1S/C14H18N4.H2O/c1-11-7-9-17(10-8-11)12(2)18-14-6-4-3-5-13(14)15-16-18;/h3-6,11H,2,7-10H2,1H3;1H2. The number of para-hydroxylation sites is 1. The molecule has 1 saturated heterocycles. The van der Waals surface area contributed by atoms with Crippen LogP contribution in [0.25, 0.3) is 16.9 Å². The van der Waals surface area contributed by atoms with Crippen molar-refractivity contribution < 1.29 is 5.48 Å². The average Bonchev–Trinajstić information content (AvgIpc) is 2.82. The van der Waals surface area contributed by atoms with E-state index in [1.165, 1.54) is 12.8 Å². The molecule has 3 rings (SSSR count). The lowest BCUT2D eigenvalue weighted by Crippen LogP contribution is -2.33. The van der Waals surface area contributed by atoms with E-state index < -0.39 is 0 Å². The number of hydrogen-bond donors (Lipinski definition) is 0. The Morgan fingerprint density at radius 1 is 1.26 bits per heavy atom. The largest absolute Gasteiger partial charge is 0.412 e. The first-order chi connectivity index (χ1) is 8.75. The zero-order chi connectivity index (χ0) is 12.5. The maximum Gasteiger partial charge on any atom is 0.125 e. The van der Waals surface area contributed by atoms with Crippen molar-refractivity contribution in [1.82, 2.24) is 19.9 Å². The summed E-state index contributed by atoms with van der Waals surface area (Å²) in [5, 5.41) is 8.39. The van der Waals surface area contributed by atoms with Gasteiger partial charge in [-0.05, 0) is 30.9 Å². The van der Waals surface area contributed by atoms with E-state index in [0.717, 1.165) is 35.9 Å². The molecule has 19 heavy (non-hydrogen) atoms. The molecule has 2 aromatic rings. The number of aromatic nitrogens is 3. The highest BCUT2D eigenvalue weighted by Gasteiger charge is 2.19. The number of benzene rings is 1. The van der Waals surface area contributed by atoms with Crippen LogP contribution in [0.5, 0.6) is 0 Å². The molecule has 0 unspecified atom stereocenters. The Morgan fingerprint density at radius 3 is 2.68 bits per heavy atom. The fourth-order valence-corrected chi connectivity index (χ4v) is 2.46. The van der Waals surface area contributed by atoms with Crippen LogP contribution < -0.4 is 0 Å². The van der Waals surface area contributed by atoms with Gasteiger partial charge in [0.15, 0.2) is 0 Å². The highest BCUT2D eigenvalue weighted by molar-refractivity contribution is 5.77. The van der Waals surface area contributed by atoms with Gasteiger partial charge in [0, 0.05) is 13.1 Å². The van der Waals surface area contributed by atoms with Gasteiger partial charge in [-0.25, -0.2) is 0 Å². The fraction of sp³-hybridized carbons (Fsp3) is 0.429. The van der Waals surface area contributed by atoms with E-state index in [9.17, 15) is 0 Å². The smallest absolute Gasteiger partial charge is 0.125 e. The Morgan fingerprint density at radius 2 is 1.95 bits per heavy atom. The van der Waals surface area contributed by atoms with Crippen molar-refractivity contribution in [2.75, 3.05) is 13.1 Å². The van der Waals surface area contributed by atoms with Gasteiger partial charge in [0.05, 0.1) is 5.52 Å². The first-order valence-electron chi connectivity index (χ1n) is 6.50. The van der Waals surface area contributed by atoms with Gasteiger partial charge in [-0.2, -0.15) is 4.68 Å². The molecular formula is C14H20N4O. The molecule has 1 aliphatic heterocycles. The predicted molar refractivity (Wildman–Crippen MR) is 76.4 cm³/mol. The second-order valence-electron chi connectivity index (χ2n) is 5.08. The van der Waals surface area contributed by atoms with E-state index in [-0.39, 0.29) is 5.48 Å². The molecule has 0 spiro atoms. The molecule has 102 valence electrons. The normalized spacial score (nSPS) is 16.4. The molecule has 0 atom stereocenters. The summed E-state index contributed by atoms with van der Waals surface area (Å²) in [7, 11) is 0. The first-order valence-corrected chi connectivity index (χ1v) is 6.50. The summed E-state index contributed by atoms with van der Waals surface area (Å²) in [4.78, 5) is 2.31. The molecule has 5 heteroatoms. The monoisotopic (exact) mass is 260 g/mol. The van der Waals surface area contributed by atoms with Crippen LogP contribution in [0.4, 0.5) is 0 Å². The number of piperidine rings is 1. The summed E-state index contributed by atoms with van der Waals surface area (Å²) in [5.74, 6) is 1.76. The second-order valence-corrected chi connectivity index (χ2v) is 5.08. The Kier molecular flexibility index (Phi) is 3.85. The Hall–Kier alpha value is -1.88. The summed E-state index contributed by atoms with van der Waals surface area (Å²) in [6, 6.07) is 8.00. The molecule has 1 aromatic carbocycles.